The van der Waals surface area contributed by atoms with E-state index in [0.717, 1.165) is 5.69 Å². The van der Waals surface area contributed by atoms with Gasteiger partial charge in [-0.1, -0.05) is 6.07 Å². The minimum atomic E-state index is -0.504. The van der Waals surface area contributed by atoms with Gasteiger partial charge in [0.05, 0.1) is 18.9 Å². The topological polar surface area (TPSA) is 53.4 Å². The fraction of sp³-hybridized carbons (Fsp3) is 0.200. The molecule has 2 aromatic carbocycles. The van der Waals surface area contributed by atoms with Crippen LogP contribution in [0.3, 0.4) is 0 Å². The van der Waals surface area contributed by atoms with Gasteiger partial charge in [-0.2, -0.15) is 0 Å². The highest BCUT2D eigenvalue weighted by atomic mass is 19.1. The fourth-order valence-corrected chi connectivity index (χ4v) is 2.57. The number of hydrogen-bond acceptors (Lipinski definition) is 4. The number of carbonyl (C=O) groups excluding carboxylic acids is 1. The van der Waals surface area contributed by atoms with Crippen LogP contribution in [0.15, 0.2) is 54.7 Å². The lowest BCUT2D eigenvalue weighted by Crippen LogP contribution is -2.04. The first-order valence-electron chi connectivity index (χ1n) is 8.38. The first kappa shape index (κ1) is 17.7. The highest BCUT2D eigenvalue weighted by molar-refractivity contribution is 5.88. The molecule has 0 spiro atoms. The molecule has 0 saturated heterocycles. The third-order valence-electron chi connectivity index (χ3n) is 3.70. The van der Waals surface area contributed by atoms with Gasteiger partial charge in [-0.05, 0) is 50.2 Å². The zero-order valence-electron chi connectivity index (χ0n) is 14.6. The van der Waals surface area contributed by atoms with E-state index in [9.17, 15) is 9.18 Å². The molecule has 0 aliphatic rings. The van der Waals surface area contributed by atoms with Gasteiger partial charge < -0.3 is 9.47 Å². The van der Waals surface area contributed by atoms with Gasteiger partial charge in [0.15, 0.2) is 5.69 Å². The number of hydrogen-bond donors (Lipinski definition) is 0. The number of nitrogens with zero attached hydrogens (tertiary/aromatic N) is 2. The Kier molecular flexibility index (Phi) is 5.31. The second-order valence-corrected chi connectivity index (χ2v) is 5.48. The van der Waals surface area contributed by atoms with Crippen molar-refractivity contribution in [1.29, 1.82) is 0 Å². The standard InChI is InChI=1S/C20H19FN2O3/c1-3-25-17-7-5-6-16(12-17)23-13-18(20(24)26-4-2)22-19(23)14-8-10-15(21)11-9-14/h5-13H,3-4H2,1-2H3. The minimum absolute atomic E-state index is 0.188. The highest BCUT2D eigenvalue weighted by Crippen LogP contribution is 2.26. The first-order valence-corrected chi connectivity index (χ1v) is 8.38. The monoisotopic (exact) mass is 354 g/mol. The summed E-state index contributed by atoms with van der Waals surface area (Å²) in [7, 11) is 0. The fourth-order valence-electron chi connectivity index (χ4n) is 2.57. The lowest BCUT2D eigenvalue weighted by atomic mass is 10.2. The Balaban J connectivity index is 2.11. The van der Waals surface area contributed by atoms with Crippen LogP contribution in [0, 0.1) is 5.82 Å². The first-order chi connectivity index (χ1) is 12.6. The highest BCUT2D eigenvalue weighted by Gasteiger charge is 2.18. The number of ether oxygens (including phenoxy) is 2. The Morgan fingerprint density at radius 1 is 1.12 bits per heavy atom. The van der Waals surface area contributed by atoms with E-state index in [1.54, 1.807) is 29.8 Å². The van der Waals surface area contributed by atoms with Crippen LogP contribution in [0.25, 0.3) is 17.1 Å². The van der Waals surface area contributed by atoms with Crippen LogP contribution in [0.4, 0.5) is 4.39 Å². The average molecular weight is 354 g/mol. The Hall–Kier alpha value is -3.15. The molecule has 0 aliphatic carbocycles. The maximum absolute atomic E-state index is 13.3. The van der Waals surface area contributed by atoms with Crippen LogP contribution in [0.1, 0.15) is 24.3 Å². The van der Waals surface area contributed by atoms with Gasteiger partial charge in [0.2, 0.25) is 0 Å². The van der Waals surface area contributed by atoms with E-state index >= 15 is 0 Å². The molecule has 1 heterocycles. The molecule has 0 saturated carbocycles. The predicted molar refractivity (Wildman–Crippen MR) is 96.1 cm³/mol. The summed E-state index contributed by atoms with van der Waals surface area (Å²) < 4.78 is 25.6. The van der Waals surface area contributed by atoms with E-state index in [1.807, 2.05) is 31.2 Å². The van der Waals surface area contributed by atoms with Crippen molar-refractivity contribution >= 4 is 5.97 Å². The second-order valence-electron chi connectivity index (χ2n) is 5.48. The maximum Gasteiger partial charge on any atom is 0.358 e. The largest absolute Gasteiger partial charge is 0.494 e. The summed E-state index contributed by atoms with van der Waals surface area (Å²) >= 11 is 0. The number of imidazole rings is 1. The summed E-state index contributed by atoms with van der Waals surface area (Å²) in [5.41, 5.74) is 1.65. The molecule has 0 aliphatic heterocycles. The molecule has 0 fully saturated rings. The van der Waals surface area contributed by atoms with Gasteiger partial charge in [0, 0.05) is 17.8 Å². The lowest BCUT2D eigenvalue weighted by Gasteiger charge is -2.10. The number of carbonyl (C=O) groups is 1. The van der Waals surface area contributed by atoms with Gasteiger partial charge in [-0.25, -0.2) is 14.2 Å². The van der Waals surface area contributed by atoms with Crippen molar-refractivity contribution in [3.05, 3.63) is 66.2 Å². The maximum atomic E-state index is 13.3. The summed E-state index contributed by atoms with van der Waals surface area (Å²) in [6, 6.07) is 13.4. The summed E-state index contributed by atoms with van der Waals surface area (Å²) in [6.45, 7) is 4.46. The van der Waals surface area contributed by atoms with Crippen LogP contribution in [0.2, 0.25) is 0 Å². The van der Waals surface area contributed by atoms with E-state index < -0.39 is 5.97 Å². The zero-order valence-corrected chi connectivity index (χ0v) is 14.6. The number of halogens is 1. The number of aromatic nitrogens is 2. The van der Waals surface area contributed by atoms with Gasteiger partial charge in [0.1, 0.15) is 17.4 Å². The smallest absolute Gasteiger partial charge is 0.358 e. The Bertz CT molecular complexity index is 904. The normalized spacial score (nSPS) is 10.6. The van der Waals surface area contributed by atoms with Crippen LogP contribution in [-0.4, -0.2) is 28.7 Å². The Morgan fingerprint density at radius 3 is 2.58 bits per heavy atom. The van der Waals surface area contributed by atoms with Gasteiger partial charge in [0.25, 0.3) is 0 Å². The molecule has 134 valence electrons. The summed E-state index contributed by atoms with van der Waals surface area (Å²) in [6.07, 6.45) is 1.61. The van der Waals surface area contributed by atoms with Crippen molar-refractivity contribution in [2.75, 3.05) is 13.2 Å². The molecule has 0 bridgehead atoms. The number of benzene rings is 2. The van der Waals surface area contributed by atoms with Crippen molar-refractivity contribution in [2.45, 2.75) is 13.8 Å². The number of esters is 1. The molecule has 0 radical (unpaired) electrons. The van der Waals surface area contributed by atoms with Crippen molar-refractivity contribution in [3.63, 3.8) is 0 Å². The van der Waals surface area contributed by atoms with Crippen LogP contribution >= 0.6 is 0 Å². The molecule has 1 aromatic heterocycles. The van der Waals surface area contributed by atoms with E-state index in [-0.39, 0.29) is 18.1 Å². The quantitative estimate of drug-likeness (QED) is 0.621. The average Bonchev–Trinajstić information content (AvgIpc) is 3.09. The second kappa shape index (κ2) is 7.82. The van der Waals surface area contributed by atoms with Crippen LogP contribution < -0.4 is 4.74 Å². The van der Waals surface area contributed by atoms with E-state index in [2.05, 4.69) is 4.98 Å². The van der Waals surface area contributed by atoms with Crippen molar-refractivity contribution in [3.8, 4) is 22.8 Å². The van der Waals surface area contributed by atoms with Crippen LogP contribution in [-0.2, 0) is 4.74 Å². The van der Waals surface area contributed by atoms with E-state index in [1.165, 1.54) is 12.1 Å². The Labute approximate surface area is 151 Å². The molecular weight excluding hydrogens is 335 g/mol. The molecule has 3 aromatic rings. The van der Waals surface area contributed by atoms with Gasteiger partial charge in [-0.15, -0.1) is 0 Å². The van der Waals surface area contributed by atoms with E-state index in [0.29, 0.717) is 23.7 Å². The summed E-state index contributed by atoms with van der Waals surface area (Å²) in [4.78, 5) is 16.5. The molecule has 0 N–H and O–H groups in total. The van der Waals surface area contributed by atoms with Crippen molar-refractivity contribution in [2.24, 2.45) is 0 Å². The molecule has 0 unspecified atom stereocenters. The van der Waals surface area contributed by atoms with Crippen molar-refractivity contribution in [1.82, 2.24) is 9.55 Å². The molecule has 0 amide bonds. The molecule has 0 atom stereocenters. The van der Waals surface area contributed by atoms with E-state index in [4.69, 9.17) is 9.47 Å². The third kappa shape index (κ3) is 3.74. The molecule has 5 nitrogen and oxygen atoms in total. The van der Waals surface area contributed by atoms with Gasteiger partial charge in [-0.3, -0.25) is 4.57 Å². The summed E-state index contributed by atoms with van der Waals surface area (Å²) in [5.74, 6) is 0.384. The van der Waals surface area contributed by atoms with Crippen LogP contribution in [0.5, 0.6) is 5.75 Å². The summed E-state index contributed by atoms with van der Waals surface area (Å²) in [5, 5.41) is 0. The molecule has 3 rings (SSSR count). The predicted octanol–water partition coefficient (Wildman–Crippen LogP) is 4.25. The van der Waals surface area contributed by atoms with Gasteiger partial charge >= 0.3 is 5.97 Å². The molecule has 6 heteroatoms. The molecular formula is C20H19FN2O3. The zero-order chi connectivity index (χ0) is 18.5. The van der Waals surface area contributed by atoms with Crippen molar-refractivity contribution < 1.29 is 18.7 Å². The lowest BCUT2D eigenvalue weighted by molar-refractivity contribution is 0.0520. The molecule has 26 heavy (non-hydrogen) atoms. The Morgan fingerprint density at radius 2 is 1.88 bits per heavy atom. The minimum Gasteiger partial charge on any atom is -0.494 e. The third-order valence-corrected chi connectivity index (χ3v) is 3.70. The number of rotatable bonds is 6. The SMILES string of the molecule is CCOC(=O)c1cn(-c2cccc(OCC)c2)c(-c2ccc(F)cc2)n1.